The number of H-pyrrole nitrogens is 1. The van der Waals surface area contributed by atoms with Crippen LogP contribution >= 0.6 is 11.6 Å². The number of rotatable bonds is 3. The summed E-state index contributed by atoms with van der Waals surface area (Å²) < 4.78 is 2.82. The summed E-state index contributed by atoms with van der Waals surface area (Å²) in [5.74, 6) is 0.150. The number of aromatic amines is 1. The molecule has 6 nitrogen and oxygen atoms in total. The van der Waals surface area contributed by atoms with Gasteiger partial charge in [-0.05, 0) is 24.8 Å². The van der Waals surface area contributed by atoms with Crippen LogP contribution in [0.25, 0.3) is 0 Å². The molecule has 2 aromatic rings. The van der Waals surface area contributed by atoms with Crippen molar-refractivity contribution in [1.29, 1.82) is 0 Å². The van der Waals surface area contributed by atoms with Crippen molar-refractivity contribution in [2.24, 2.45) is 7.05 Å². The summed E-state index contributed by atoms with van der Waals surface area (Å²) in [7, 11) is 1.79. The van der Waals surface area contributed by atoms with Gasteiger partial charge in [-0.1, -0.05) is 24.4 Å². The molecule has 21 heavy (non-hydrogen) atoms. The molecule has 1 fully saturated rings. The second-order valence-electron chi connectivity index (χ2n) is 5.51. The van der Waals surface area contributed by atoms with E-state index in [4.69, 9.17) is 11.6 Å². The van der Waals surface area contributed by atoms with Crippen LogP contribution in [0.3, 0.4) is 0 Å². The predicted octanol–water partition coefficient (Wildman–Crippen LogP) is 1.63. The van der Waals surface area contributed by atoms with Crippen LogP contribution in [0.2, 0.25) is 5.15 Å². The number of aromatic nitrogens is 4. The summed E-state index contributed by atoms with van der Waals surface area (Å²) in [5, 5.41) is 4.40. The van der Waals surface area contributed by atoms with Gasteiger partial charge in [0.1, 0.15) is 5.15 Å². The molecule has 2 aromatic heterocycles. The number of aryl methyl sites for hydroxylation is 1. The van der Waals surface area contributed by atoms with Gasteiger partial charge in [-0.15, -0.1) is 0 Å². The van der Waals surface area contributed by atoms with Gasteiger partial charge in [-0.3, -0.25) is 19.0 Å². The van der Waals surface area contributed by atoms with E-state index in [9.17, 15) is 9.59 Å². The molecule has 112 valence electrons. The number of hydrogen-bond acceptors (Lipinski definition) is 3. The van der Waals surface area contributed by atoms with Crippen molar-refractivity contribution >= 4 is 11.6 Å². The third-order valence-corrected chi connectivity index (χ3v) is 4.32. The second-order valence-corrected chi connectivity index (χ2v) is 5.89. The summed E-state index contributed by atoms with van der Waals surface area (Å²) in [5.41, 5.74) is 0.438. The Morgan fingerprint density at radius 3 is 2.71 bits per heavy atom. The minimum atomic E-state index is -0.489. The molecule has 1 saturated carbocycles. The zero-order chi connectivity index (χ0) is 15.0. The first kappa shape index (κ1) is 14.1. The Bertz CT molecular complexity index is 768. The molecule has 1 aliphatic carbocycles. The molecule has 0 bridgehead atoms. The minimum Gasteiger partial charge on any atom is -0.297 e. The first-order valence-electron chi connectivity index (χ1n) is 7.07. The van der Waals surface area contributed by atoms with Crippen LogP contribution in [-0.4, -0.2) is 19.3 Å². The van der Waals surface area contributed by atoms with E-state index in [0.29, 0.717) is 11.3 Å². The molecule has 0 atom stereocenters. The van der Waals surface area contributed by atoms with E-state index in [-0.39, 0.29) is 23.2 Å². The molecule has 0 radical (unpaired) electrons. The highest BCUT2D eigenvalue weighted by Crippen LogP contribution is 2.34. The first-order chi connectivity index (χ1) is 10.1. The van der Waals surface area contributed by atoms with Crippen LogP contribution in [0.5, 0.6) is 0 Å². The molecule has 1 aliphatic rings. The van der Waals surface area contributed by atoms with E-state index in [1.807, 2.05) is 0 Å². The molecular formula is C14H17ClN4O2. The Kier molecular flexibility index (Phi) is 3.71. The van der Waals surface area contributed by atoms with Crippen LogP contribution < -0.4 is 11.2 Å². The Labute approximate surface area is 126 Å². The smallest absolute Gasteiger partial charge is 0.297 e. The van der Waals surface area contributed by atoms with Gasteiger partial charge in [0.2, 0.25) is 0 Å². The normalized spacial score (nSPS) is 15.7. The lowest BCUT2D eigenvalue weighted by Gasteiger charge is -2.12. The maximum atomic E-state index is 12.6. The second kappa shape index (κ2) is 5.52. The van der Waals surface area contributed by atoms with Crippen molar-refractivity contribution in [3.63, 3.8) is 0 Å². The molecule has 0 saturated heterocycles. The number of halogens is 1. The minimum absolute atomic E-state index is 0.150. The lowest BCUT2D eigenvalue weighted by Crippen LogP contribution is -2.38. The summed E-state index contributed by atoms with van der Waals surface area (Å²) in [4.78, 5) is 27.3. The number of nitrogens with one attached hydrogen (secondary N) is 1. The van der Waals surface area contributed by atoms with Crippen molar-refractivity contribution in [3.05, 3.63) is 49.5 Å². The summed E-state index contributed by atoms with van der Waals surface area (Å²) >= 11 is 6.11. The van der Waals surface area contributed by atoms with Crippen LogP contribution in [0.4, 0.5) is 0 Å². The number of nitrogens with zero attached hydrogens (tertiary/aromatic N) is 3. The average molecular weight is 309 g/mol. The van der Waals surface area contributed by atoms with Gasteiger partial charge < -0.3 is 0 Å². The van der Waals surface area contributed by atoms with Crippen LogP contribution in [0, 0.1) is 0 Å². The molecule has 7 heteroatoms. The summed E-state index contributed by atoms with van der Waals surface area (Å²) in [6, 6.07) is 1.79. The van der Waals surface area contributed by atoms with Crippen LogP contribution in [0.1, 0.15) is 42.9 Å². The fourth-order valence-corrected chi connectivity index (χ4v) is 3.30. The van der Waals surface area contributed by atoms with E-state index in [1.165, 1.54) is 4.57 Å². The zero-order valence-corrected chi connectivity index (χ0v) is 12.6. The van der Waals surface area contributed by atoms with Crippen LogP contribution in [0.15, 0.2) is 21.9 Å². The molecule has 1 N–H and O–H groups in total. The highest BCUT2D eigenvalue weighted by Gasteiger charge is 2.25. The van der Waals surface area contributed by atoms with Gasteiger partial charge in [0.05, 0.1) is 17.8 Å². The predicted molar refractivity (Wildman–Crippen MR) is 79.9 cm³/mol. The Hall–Kier alpha value is -1.82. The molecule has 2 heterocycles. The molecular weight excluding hydrogens is 292 g/mol. The molecule has 0 unspecified atom stereocenters. The fraction of sp³-hybridized carbons (Fsp3) is 0.500. The lowest BCUT2D eigenvalue weighted by atomic mass is 10.0. The SMILES string of the molecule is Cn1ccc(Cn2c(=O)[nH]c(Cl)c(C3CCCC3)c2=O)n1. The van der Waals surface area contributed by atoms with Crippen molar-refractivity contribution in [2.45, 2.75) is 38.1 Å². The van der Waals surface area contributed by atoms with Crippen molar-refractivity contribution < 1.29 is 0 Å². The van der Waals surface area contributed by atoms with Gasteiger partial charge >= 0.3 is 5.69 Å². The molecule has 3 rings (SSSR count). The van der Waals surface area contributed by atoms with Crippen molar-refractivity contribution in [2.75, 3.05) is 0 Å². The highest BCUT2D eigenvalue weighted by atomic mass is 35.5. The van der Waals surface area contributed by atoms with Gasteiger partial charge in [0, 0.05) is 13.2 Å². The Morgan fingerprint density at radius 2 is 2.10 bits per heavy atom. The first-order valence-corrected chi connectivity index (χ1v) is 7.45. The van der Waals surface area contributed by atoms with E-state index >= 15 is 0 Å². The molecule has 0 aliphatic heterocycles. The fourth-order valence-electron chi connectivity index (χ4n) is 2.98. The third-order valence-electron chi connectivity index (χ3n) is 4.03. The largest absolute Gasteiger partial charge is 0.329 e. The number of hydrogen-bond donors (Lipinski definition) is 1. The van der Waals surface area contributed by atoms with Crippen molar-refractivity contribution in [1.82, 2.24) is 19.3 Å². The third kappa shape index (κ3) is 2.68. The Morgan fingerprint density at radius 1 is 1.38 bits per heavy atom. The van der Waals surface area contributed by atoms with Gasteiger partial charge in [0.25, 0.3) is 5.56 Å². The van der Waals surface area contributed by atoms with E-state index in [2.05, 4.69) is 10.1 Å². The Balaban J connectivity index is 2.05. The van der Waals surface area contributed by atoms with Crippen LogP contribution in [-0.2, 0) is 13.6 Å². The zero-order valence-electron chi connectivity index (χ0n) is 11.8. The monoisotopic (exact) mass is 308 g/mol. The topological polar surface area (TPSA) is 72.7 Å². The summed E-state index contributed by atoms with van der Waals surface area (Å²) in [6.07, 6.45) is 5.87. The van der Waals surface area contributed by atoms with Gasteiger partial charge in [0.15, 0.2) is 0 Å². The highest BCUT2D eigenvalue weighted by molar-refractivity contribution is 6.30. The van der Waals surface area contributed by atoms with E-state index in [1.54, 1.807) is 24.0 Å². The van der Waals surface area contributed by atoms with E-state index < -0.39 is 5.69 Å². The molecule has 0 spiro atoms. The molecule has 0 amide bonds. The molecule has 0 aromatic carbocycles. The standard InChI is InChI=1S/C14H17ClN4O2/c1-18-7-6-10(17-18)8-19-13(20)11(9-4-2-3-5-9)12(15)16-14(19)21/h6-7,9H,2-5,8H2,1H3,(H,16,21). The van der Waals surface area contributed by atoms with Gasteiger partial charge in [-0.2, -0.15) is 5.10 Å². The van der Waals surface area contributed by atoms with Crippen molar-refractivity contribution in [3.8, 4) is 0 Å². The maximum Gasteiger partial charge on any atom is 0.329 e. The maximum absolute atomic E-state index is 12.6. The lowest BCUT2D eigenvalue weighted by molar-refractivity contribution is 0.625. The summed E-state index contributed by atoms with van der Waals surface area (Å²) in [6.45, 7) is 0.159. The quantitative estimate of drug-likeness (QED) is 0.876. The van der Waals surface area contributed by atoms with E-state index in [0.717, 1.165) is 25.7 Å². The van der Waals surface area contributed by atoms with Gasteiger partial charge in [-0.25, -0.2) is 4.79 Å². The average Bonchev–Trinajstić information content (AvgIpc) is 3.06.